The quantitative estimate of drug-likeness (QED) is 0.720. The summed E-state index contributed by atoms with van der Waals surface area (Å²) in [5, 5.41) is -1.40. The minimum absolute atomic E-state index is 0.115. The lowest BCUT2D eigenvalue weighted by molar-refractivity contribution is -0.0558. The smallest absolute Gasteiger partial charge is 0.444 e. The van der Waals surface area contributed by atoms with Crippen molar-refractivity contribution < 1.29 is 17.9 Å². The number of halogens is 4. The molecule has 0 saturated heterocycles. The van der Waals surface area contributed by atoms with Crippen molar-refractivity contribution in [3.05, 3.63) is 60.2 Å². The van der Waals surface area contributed by atoms with Crippen LogP contribution in [0.1, 0.15) is 5.56 Å². The predicted molar refractivity (Wildman–Crippen MR) is 76.2 cm³/mol. The maximum Gasteiger partial charge on any atom is 0.444 e. The van der Waals surface area contributed by atoms with Crippen LogP contribution in [0.5, 0.6) is 5.75 Å². The maximum atomic E-state index is 12.2. The van der Waals surface area contributed by atoms with E-state index in [-0.39, 0.29) is 5.69 Å². The molecule has 2 rings (SSSR count). The van der Waals surface area contributed by atoms with Crippen molar-refractivity contribution in [2.45, 2.75) is 12.8 Å². The van der Waals surface area contributed by atoms with Crippen LogP contribution >= 0.6 is 11.6 Å². The summed E-state index contributed by atoms with van der Waals surface area (Å²) in [7, 11) is 0. The Morgan fingerprint density at radius 1 is 1.00 bits per heavy atom. The minimum Gasteiger partial charge on any atom is -0.489 e. The van der Waals surface area contributed by atoms with Crippen molar-refractivity contribution >= 4 is 22.5 Å². The van der Waals surface area contributed by atoms with Crippen molar-refractivity contribution in [3.8, 4) is 5.75 Å². The highest BCUT2D eigenvalue weighted by atomic mass is 35.5. The van der Waals surface area contributed by atoms with Crippen LogP contribution in [0.2, 0.25) is 0 Å². The first-order chi connectivity index (χ1) is 9.95. The Kier molecular flexibility index (Phi) is 4.85. The summed E-state index contributed by atoms with van der Waals surface area (Å²) in [6.45, 7) is 0.382. The second-order valence-electron chi connectivity index (χ2n) is 4.17. The molecule has 0 atom stereocenters. The van der Waals surface area contributed by atoms with Gasteiger partial charge in [-0.15, -0.1) is 0 Å². The Labute approximate surface area is 124 Å². The van der Waals surface area contributed by atoms with Gasteiger partial charge in [0.05, 0.1) is 5.69 Å². The molecule has 0 aliphatic carbocycles. The van der Waals surface area contributed by atoms with Gasteiger partial charge in [-0.25, -0.2) is 4.99 Å². The molecule has 0 unspecified atom stereocenters. The SMILES string of the molecule is FC(F)(F)C(Cl)=Nc1ccc(OCc2ccccc2)cc1. The van der Waals surface area contributed by atoms with Crippen molar-refractivity contribution in [2.24, 2.45) is 4.99 Å². The number of nitrogens with zero attached hydrogens (tertiary/aromatic N) is 1. The van der Waals surface area contributed by atoms with Crippen LogP contribution in [-0.2, 0) is 6.61 Å². The molecule has 0 spiro atoms. The molecule has 0 amide bonds. The number of rotatable bonds is 4. The zero-order valence-corrected chi connectivity index (χ0v) is 11.5. The Bertz CT molecular complexity index is 609. The number of alkyl halides is 3. The molecule has 21 heavy (non-hydrogen) atoms. The van der Waals surface area contributed by atoms with Gasteiger partial charge in [0, 0.05) is 0 Å². The molecule has 2 aromatic rings. The molecule has 0 aliphatic heterocycles. The molecule has 0 N–H and O–H groups in total. The van der Waals surface area contributed by atoms with Gasteiger partial charge in [-0.05, 0) is 29.8 Å². The molecule has 2 aromatic carbocycles. The normalized spacial score (nSPS) is 12.3. The summed E-state index contributed by atoms with van der Waals surface area (Å²) in [4.78, 5) is 3.29. The fourth-order valence-electron chi connectivity index (χ4n) is 1.53. The van der Waals surface area contributed by atoms with Crippen molar-refractivity contribution in [1.82, 2.24) is 0 Å². The van der Waals surface area contributed by atoms with Crippen LogP contribution in [0.15, 0.2) is 59.6 Å². The highest BCUT2D eigenvalue weighted by molar-refractivity contribution is 6.67. The van der Waals surface area contributed by atoms with E-state index in [1.165, 1.54) is 12.1 Å². The average molecular weight is 314 g/mol. The Morgan fingerprint density at radius 2 is 1.62 bits per heavy atom. The molecule has 0 bridgehead atoms. The molecule has 0 fully saturated rings. The lowest BCUT2D eigenvalue weighted by Gasteiger charge is -2.07. The molecule has 6 heteroatoms. The van der Waals surface area contributed by atoms with E-state index in [0.29, 0.717) is 12.4 Å². The molecule has 110 valence electrons. The Hall–Kier alpha value is -2.01. The lowest BCUT2D eigenvalue weighted by atomic mass is 10.2. The third kappa shape index (κ3) is 4.79. The highest BCUT2D eigenvalue weighted by Gasteiger charge is 2.34. The monoisotopic (exact) mass is 313 g/mol. The molecule has 2 nitrogen and oxygen atoms in total. The number of ether oxygens (including phenoxy) is 1. The van der Waals surface area contributed by atoms with E-state index in [1.54, 1.807) is 12.1 Å². The van der Waals surface area contributed by atoms with Crippen LogP contribution in [-0.4, -0.2) is 11.3 Å². The number of aliphatic imine (C=N–C) groups is 1. The fourth-order valence-corrected chi connectivity index (χ4v) is 1.63. The fraction of sp³-hybridized carbons (Fsp3) is 0.133. The summed E-state index contributed by atoms with van der Waals surface area (Å²) in [5.74, 6) is 0.543. The number of hydrogen-bond donors (Lipinski definition) is 0. The zero-order chi connectivity index (χ0) is 15.3. The van der Waals surface area contributed by atoms with E-state index in [1.807, 2.05) is 30.3 Å². The summed E-state index contributed by atoms with van der Waals surface area (Å²) in [5.41, 5.74) is 1.11. The lowest BCUT2D eigenvalue weighted by Crippen LogP contribution is -2.16. The number of benzene rings is 2. The van der Waals surface area contributed by atoms with Crippen molar-refractivity contribution in [2.75, 3.05) is 0 Å². The average Bonchev–Trinajstić information content (AvgIpc) is 2.46. The van der Waals surface area contributed by atoms with Gasteiger partial charge in [0.25, 0.3) is 0 Å². The molecular formula is C15H11ClF3NO. The summed E-state index contributed by atoms with van der Waals surface area (Å²) in [6.07, 6.45) is -4.63. The molecule has 0 radical (unpaired) electrons. The van der Waals surface area contributed by atoms with Gasteiger partial charge in [0.1, 0.15) is 12.4 Å². The highest BCUT2D eigenvalue weighted by Crippen LogP contribution is 2.25. The van der Waals surface area contributed by atoms with Gasteiger partial charge < -0.3 is 4.74 Å². The first kappa shape index (κ1) is 15.4. The third-order valence-corrected chi connectivity index (χ3v) is 2.85. The van der Waals surface area contributed by atoms with Crippen LogP contribution in [0, 0.1) is 0 Å². The van der Waals surface area contributed by atoms with Gasteiger partial charge in [0.2, 0.25) is 5.17 Å². The van der Waals surface area contributed by atoms with E-state index in [4.69, 9.17) is 16.3 Å². The number of hydrogen-bond acceptors (Lipinski definition) is 2. The molecule has 0 saturated carbocycles. The van der Waals surface area contributed by atoms with Gasteiger partial charge in [-0.2, -0.15) is 13.2 Å². The van der Waals surface area contributed by atoms with Crippen LogP contribution in [0.25, 0.3) is 0 Å². The van der Waals surface area contributed by atoms with E-state index in [2.05, 4.69) is 4.99 Å². The first-order valence-corrected chi connectivity index (χ1v) is 6.41. The van der Waals surface area contributed by atoms with E-state index < -0.39 is 11.3 Å². The first-order valence-electron chi connectivity index (χ1n) is 6.03. The minimum atomic E-state index is -4.63. The van der Waals surface area contributed by atoms with Gasteiger partial charge in [-0.3, -0.25) is 0 Å². The van der Waals surface area contributed by atoms with Crippen LogP contribution in [0.4, 0.5) is 18.9 Å². The molecule has 0 aliphatic rings. The molecular weight excluding hydrogens is 303 g/mol. The molecule has 0 aromatic heterocycles. The van der Waals surface area contributed by atoms with Gasteiger partial charge in [0.15, 0.2) is 0 Å². The summed E-state index contributed by atoms with van der Waals surface area (Å²) >= 11 is 5.07. The zero-order valence-electron chi connectivity index (χ0n) is 10.8. The van der Waals surface area contributed by atoms with E-state index in [0.717, 1.165) is 5.56 Å². The van der Waals surface area contributed by atoms with Crippen LogP contribution in [0.3, 0.4) is 0 Å². The maximum absolute atomic E-state index is 12.2. The topological polar surface area (TPSA) is 21.6 Å². The largest absolute Gasteiger partial charge is 0.489 e. The standard InChI is InChI=1S/C15H11ClF3NO/c16-14(15(17,18)19)20-12-6-8-13(9-7-12)21-10-11-4-2-1-3-5-11/h1-9H,10H2. The second-order valence-corrected chi connectivity index (χ2v) is 4.53. The van der Waals surface area contributed by atoms with Crippen LogP contribution < -0.4 is 4.74 Å². The summed E-state index contributed by atoms with van der Waals surface area (Å²) in [6, 6.07) is 15.4. The van der Waals surface area contributed by atoms with Gasteiger partial charge >= 0.3 is 6.18 Å². The second kappa shape index (κ2) is 6.63. The van der Waals surface area contributed by atoms with Crippen molar-refractivity contribution in [3.63, 3.8) is 0 Å². The Morgan fingerprint density at radius 3 is 2.19 bits per heavy atom. The van der Waals surface area contributed by atoms with E-state index in [9.17, 15) is 13.2 Å². The van der Waals surface area contributed by atoms with Crippen molar-refractivity contribution in [1.29, 1.82) is 0 Å². The predicted octanol–water partition coefficient (Wildman–Crippen LogP) is 5.10. The van der Waals surface area contributed by atoms with E-state index >= 15 is 0 Å². The van der Waals surface area contributed by atoms with Gasteiger partial charge in [-0.1, -0.05) is 41.9 Å². The summed E-state index contributed by atoms with van der Waals surface area (Å²) < 4.78 is 42.2. The Balaban J connectivity index is 1.99. The third-order valence-electron chi connectivity index (χ3n) is 2.55. The molecule has 0 heterocycles.